The molecular weight excluding hydrogens is 248 g/mol. The first-order valence-electron chi connectivity index (χ1n) is 6.20. The number of urea groups is 1. The number of fused-ring (bicyclic) bond motifs is 1. The minimum absolute atomic E-state index is 0.122. The third kappa shape index (κ3) is 1.99. The molecule has 3 rings (SSSR count). The van der Waals surface area contributed by atoms with E-state index < -0.39 is 6.04 Å². The third-order valence-corrected chi connectivity index (χ3v) is 3.38. The van der Waals surface area contributed by atoms with Crippen molar-refractivity contribution in [3.8, 4) is 11.5 Å². The highest BCUT2D eigenvalue weighted by atomic mass is 16.7. The van der Waals surface area contributed by atoms with Crippen LogP contribution >= 0.6 is 0 Å². The lowest BCUT2D eigenvalue weighted by Crippen LogP contribution is -2.40. The quantitative estimate of drug-likeness (QED) is 0.798. The van der Waals surface area contributed by atoms with Crippen LogP contribution < -0.4 is 20.1 Å². The van der Waals surface area contributed by atoms with Crippen molar-refractivity contribution in [2.75, 3.05) is 6.79 Å². The molecule has 19 heavy (non-hydrogen) atoms. The number of carbonyl (C=O) groups excluding carboxylic acids is 2. The Morgan fingerprint density at radius 3 is 2.89 bits per heavy atom. The first-order chi connectivity index (χ1) is 9.19. The Morgan fingerprint density at radius 1 is 1.32 bits per heavy atom. The second-order valence-corrected chi connectivity index (χ2v) is 4.54. The van der Waals surface area contributed by atoms with Gasteiger partial charge in [-0.3, -0.25) is 4.79 Å². The van der Waals surface area contributed by atoms with Crippen LogP contribution in [-0.4, -0.2) is 30.7 Å². The van der Waals surface area contributed by atoms with Gasteiger partial charge in [-0.1, -0.05) is 6.92 Å². The lowest BCUT2D eigenvalue weighted by molar-refractivity contribution is 0.0942. The van der Waals surface area contributed by atoms with Gasteiger partial charge in [-0.25, -0.2) is 4.79 Å². The standard InChI is InChI=1S/C13H14N2O4/c1-2-8-11(15-13(17)14-8)12(16)7-3-4-9-10(5-7)19-6-18-9/h3-5,8,11H,2,6H2,1H3,(H2,14,15,17). The molecule has 0 aromatic heterocycles. The van der Waals surface area contributed by atoms with Crippen molar-refractivity contribution in [1.82, 2.24) is 10.6 Å². The van der Waals surface area contributed by atoms with Crippen molar-refractivity contribution in [3.63, 3.8) is 0 Å². The first-order valence-corrected chi connectivity index (χ1v) is 6.20. The number of ether oxygens (including phenoxy) is 2. The van der Waals surface area contributed by atoms with E-state index >= 15 is 0 Å². The molecule has 1 aromatic carbocycles. The Labute approximate surface area is 110 Å². The number of ketones is 1. The molecule has 2 heterocycles. The van der Waals surface area contributed by atoms with E-state index in [-0.39, 0.29) is 24.6 Å². The molecule has 6 nitrogen and oxygen atoms in total. The Hall–Kier alpha value is -2.24. The Kier molecular flexibility index (Phi) is 2.77. The molecule has 0 radical (unpaired) electrons. The van der Waals surface area contributed by atoms with Gasteiger partial charge in [0, 0.05) is 5.56 Å². The topological polar surface area (TPSA) is 76.7 Å². The largest absolute Gasteiger partial charge is 0.454 e. The number of hydrogen-bond acceptors (Lipinski definition) is 4. The second kappa shape index (κ2) is 4.46. The number of Topliss-reactive ketones (excluding diaryl/α,β-unsaturated/α-hetero) is 1. The van der Waals surface area contributed by atoms with Gasteiger partial charge < -0.3 is 20.1 Å². The minimum atomic E-state index is -0.530. The van der Waals surface area contributed by atoms with Crippen molar-refractivity contribution < 1.29 is 19.1 Å². The van der Waals surface area contributed by atoms with Gasteiger partial charge >= 0.3 is 6.03 Å². The van der Waals surface area contributed by atoms with Gasteiger partial charge in [0.15, 0.2) is 17.3 Å². The van der Waals surface area contributed by atoms with Gasteiger partial charge in [-0.05, 0) is 24.6 Å². The molecule has 1 fully saturated rings. The van der Waals surface area contributed by atoms with Gasteiger partial charge in [0.1, 0.15) is 6.04 Å². The normalized spacial score (nSPS) is 23.9. The van der Waals surface area contributed by atoms with E-state index in [0.717, 1.165) is 0 Å². The predicted octanol–water partition coefficient (Wildman–Crippen LogP) is 1.06. The van der Waals surface area contributed by atoms with Crippen LogP contribution in [0.25, 0.3) is 0 Å². The summed E-state index contributed by atoms with van der Waals surface area (Å²) in [6.07, 6.45) is 0.694. The number of nitrogens with one attached hydrogen (secondary N) is 2. The Balaban J connectivity index is 1.85. The fourth-order valence-corrected chi connectivity index (χ4v) is 2.35. The van der Waals surface area contributed by atoms with Crippen molar-refractivity contribution >= 4 is 11.8 Å². The highest BCUT2D eigenvalue weighted by Crippen LogP contribution is 2.33. The molecule has 6 heteroatoms. The monoisotopic (exact) mass is 262 g/mol. The van der Waals surface area contributed by atoms with E-state index in [4.69, 9.17) is 9.47 Å². The summed E-state index contributed by atoms with van der Waals surface area (Å²) < 4.78 is 10.5. The molecule has 100 valence electrons. The summed E-state index contributed by atoms with van der Waals surface area (Å²) in [5, 5.41) is 5.38. The fraction of sp³-hybridized carbons (Fsp3) is 0.385. The van der Waals surface area contributed by atoms with E-state index in [1.54, 1.807) is 18.2 Å². The Bertz CT molecular complexity index is 543. The average Bonchev–Trinajstić information content (AvgIpc) is 3.02. The van der Waals surface area contributed by atoms with Gasteiger partial charge in [0.05, 0.1) is 6.04 Å². The van der Waals surface area contributed by atoms with Gasteiger partial charge in [-0.2, -0.15) is 0 Å². The number of benzene rings is 1. The van der Waals surface area contributed by atoms with Crippen molar-refractivity contribution in [1.29, 1.82) is 0 Å². The van der Waals surface area contributed by atoms with Crippen LogP contribution in [0.3, 0.4) is 0 Å². The van der Waals surface area contributed by atoms with Crippen LogP contribution in [0.1, 0.15) is 23.7 Å². The zero-order chi connectivity index (χ0) is 13.4. The molecule has 1 aromatic rings. The molecule has 1 saturated heterocycles. The van der Waals surface area contributed by atoms with Gasteiger partial charge in [0.2, 0.25) is 6.79 Å². The summed E-state index contributed by atoms with van der Waals surface area (Å²) >= 11 is 0. The lowest BCUT2D eigenvalue weighted by atomic mass is 9.97. The molecule has 2 unspecified atom stereocenters. The van der Waals surface area contributed by atoms with Crippen molar-refractivity contribution in [2.24, 2.45) is 0 Å². The average molecular weight is 262 g/mol. The van der Waals surface area contributed by atoms with E-state index in [1.807, 2.05) is 6.92 Å². The second-order valence-electron chi connectivity index (χ2n) is 4.54. The van der Waals surface area contributed by atoms with E-state index in [0.29, 0.717) is 23.5 Å². The summed E-state index contributed by atoms with van der Waals surface area (Å²) in [4.78, 5) is 23.7. The SMILES string of the molecule is CCC1NC(=O)NC1C(=O)c1ccc2c(c1)OCO2. The molecule has 2 aliphatic rings. The summed E-state index contributed by atoms with van der Waals surface area (Å²) in [6.45, 7) is 2.10. The molecular formula is C13H14N2O4. The molecule has 0 bridgehead atoms. The van der Waals surface area contributed by atoms with Crippen LogP contribution in [0.5, 0.6) is 11.5 Å². The van der Waals surface area contributed by atoms with Gasteiger partial charge in [-0.15, -0.1) is 0 Å². The molecule has 0 saturated carbocycles. The molecule has 2 aliphatic heterocycles. The lowest BCUT2D eigenvalue weighted by Gasteiger charge is -2.15. The number of hydrogen-bond donors (Lipinski definition) is 2. The maximum absolute atomic E-state index is 12.4. The van der Waals surface area contributed by atoms with E-state index in [9.17, 15) is 9.59 Å². The van der Waals surface area contributed by atoms with Crippen molar-refractivity contribution in [2.45, 2.75) is 25.4 Å². The van der Waals surface area contributed by atoms with Crippen LogP contribution in [0.4, 0.5) is 4.79 Å². The molecule has 2 amide bonds. The summed E-state index contributed by atoms with van der Waals surface area (Å²) in [5.41, 5.74) is 0.511. The van der Waals surface area contributed by atoms with E-state index in [1.165, 1.54) is 0 Å². The summed E-state index contributed by atoms with van der Waals surface area (Å²) in [6, 6.07) is 4.05. The van der Waals surface area contributed by atoms with E-state index in [2.05, 4.69) is 10.6 Å². The predicted molar refractivity (Wildman–Crippen MR) is 66.4 cm³/mol. The van der Waals surface area contributed by atoms with Crippen molar-refractivity contribution in [3.05, 3.63) is 23.8 Å². The highest BCUT2D eigenvalue weighted by molar-refractivity contribution is 6.04. The number of amides is 2. The van der Waals surface area contributed by atoms with Gasteiger partial charge in [0.25, 0.3) is 0 Å². The van der Waals surface area contributed by atoms with Crippen LogP contribution in [0.2, 0.25) is 0 Å². The maximum Gasteiger partial charge on any atom is 0.315 e. The maximum atomic E-state index is 12.4. The third-order valence-electron chi connectivity index (χ3n) is 3.38. The number of carbonyl (C=O) groups is 2. The zero-order valence-corrected chi connectivity index (χ0v) is 10.4. The summed E-state index contributed by atoms with van der Waals surface area (Å²) in [5.74, 6) is 1.08. The zero-order valence-electron chi connectivity index (χ0n) is 10.4. The molecule has 2 N–H and O–H groups in total. The minimum Gasteiger partial charge on any atom is -0.454 e. The summed E-state index contributed by atoms with van der Waals surface area (Å²) in [7, 11) is 0. The molecule has 0 aliphatic carbocycles. The highest BCUT2D eigenvalue weighted by Gasteiger charge is 2.36. The van der Waals surface area contributed by atoms with Crippen LogP contribution in [0, 0.1) is 0 Å². The Morgan fingerprint density at radius 2 is 2.11 bits per heavy atom. The smallest absolute Gasteiger partial charge is 0.315 e. The number of rotatable bonds is 3. The molecule has 2 atom stereocenters. The van der Waals surface area contributed by atoms with Crippen LogP contribution in [0.15, 0.2) is 18.2 Å². The first kappa shape index (κ1) is 11.8. The van der Waals surface area contributed by atoms with Crippen LogP contribution in [-0.2, 0) is 0 Å². The fourth-order valence-electron chi connectivity index (χ4n) is 2.35. The molecule has 0 spiro atoms.